The van der Waals surface area contributed by atoms with E-state index in [1.54, 1.807) is 7.11 Å². The van der Waals surface area contributed by atoms with Gasteiger partial charge in [-0.3, -0.25) is 4.40 Å². The van der Waals surface area contributed by atoms with Gasteiger partial charge in [0.2, 0.25) is 5.65 Å². The fourth-order valence-corrected chi connectivity index (χ4v) is 4.03. The molecule has 11 nitrogen and oxygen atoms in total. The van der Waals surface area contributed by atoms with E-state index in [1.807, 2.05) is 23.7 Å². The van der Waals surface area contributed by atoms with Crippen LogP contribution in [0.5, 0.6) is 0 Å². The molecule has 0 aromatic carbocycles. The van der Waals surface area contributed by atoms with Gasteiger partial charge in [-0.1, -0.05) is 0 Å². The quantitative estimate of drug-likeness (QED) is 0.508. The summed E-state index contributed by atoms with van der Waals surface area (Å²) in [6.07, 6.45) is 3.68. The Morgan fingerprint density at radius 2 is 2.03 bits per heavy atom. The van der Waals surface area contributed by atoms with Crippen LogP contribution in [0, 0.1) is 6.92 Å². The van der Waals surface area contributed by atoms with Crippen LogP contribution in [0.4, 0.5) is 11.6 Å². The van der Waals surface area contributed by atoms with Gasteiger partial charge in [-0.2, -0.15) is 0 Å². The molecule has 5 heterocycles. The number of methoxy groups -OCH3 is 1. The molecular formula is C20H25N9O2. The van der Waals surface area contributed by atoms with Gasteiger partial charge in [0.25, 0.3) is 0 Å². The van der Waals surface area contributed by atoms with Gasteiger partial charge in [0.05, 0.1) is 37.6 Å². The van der Waals surface area contributed by atoms with Crippen molar-refractivity contribution in [1.29, 1.82) is 0 Å². The minimum atomic E-state index is 0.0191. The molecule has 0 amide bonds. The maximum absolute atomic E-state index is 6.18. The van der Waals surface area contributed by atoms with Crippen LogP contribution in [0.1, 0.15) is 18.8 Å². The molecule has 162 valence electrons. The third-order valence-corrected chi connectivity index (χ3v) is 5.56. The van der Waals surface area contributed by atoms with Crippen LogP contribution in [0.15, 0.2) is 18.5 Å². The maximum Gasteiger partial charge on any atom is 0.203 e. The Hall–Kier alpha value is -3.31. The highest BCUT2D eigenvalue weighted by Crippen LogP contribution is 2.30. The third kappa shape index (κ3) is 3.35. The van der Waals surface area contributed by atoms with Gasteiger partial charge in [-0.25, -0.2) is 15.0 Å². The zero-order chi connectivity index (χ0) is 21.5. The summed E-state index contributed by atoms with van der Waals surface area (Å²) < 4.78 is 14.9. The number of imidazole rings is 1. The summed E-state index contributed by atoms with van der Waals surface area (Å²) in [6, 6.07) is 2.10. The molecule has 11 heteroatoms. The minimum absolute atomic E-state index is 0.0191. The van der Waals surface area contributed by atoms with Crippen LogP contribution in [0.25, 0.3) is 28.2 Å². The molecule has 0 aliphatic carbocycles. The molecule has 0 spiro atoms. The highest BCUT2D eigenvalue weighted by molar-refractivity contribution is 5.82. The number of nitrogen functional groups attached to an aromatic ring is 1. The topological polar surface area (TPSA) is 122 Å². The van der Waals surface area contributed by atoms with Crippen molar-refractivity contribution in [2.75, 3.05) is 50.7 Å². The van der Waals surface area contributed by atoms with Crippen molar-refractivity contribution in [3.05, 3.63) is 24.3 Å². The van der Waals surface area contributed by atoms with Gasteiger partial charge in [0, 0.05) is 32.5 Å². The summed E-state index contributed by atoms with van der Waals surface area (Å²) in [6.45, 7) is 7.52. The summed E-state index contributed by atoms with van der Waals surface area (Å²) in [5, 5.41) is 8.20. The molecule has 1 aliphatic rings. The number of nitrogens with zero attached hydrogens (tertiary/aromatic N) is 8. The first-order chi connectivity index (χ1) is 15.1. The zero-order valence-electron chi connectivity index (χ0n) is 17.8. The van der Waals surface area contributed by atoms with Crippen LogP contribution in [0.3, 0.4) is 0 Å². The molecule has 1 atom stereocenters. The molecule has 1 aliphatic heterocycles. The van der Waals surface area contributed by atoms with Crippen LogP contribution in [-0.4, -0.2) is 74.1 Å². The van der Waals surface area contributed by atoms with Crippen LogP contribution in [0.2, 0.25) is 0 Å². The molecule has 0 radical (unpaired) electrons. The predicted molar refractivity (Wildman–Crippen MR) is 116 cm³/mol. The van der Waals surface area contributed by atoms with Gasteiger partial charge in [0.15, 0.2) is 11.6 Å². The summed E-state index contributed by atoms with van der Waals surface area (Å²) in [7, 11) is 1.69. The fourth-order valence-electron chi connectivity index (χ4n) is 4.03. The number of ether oxygens (including phenoxy) is 2. The Morgan fingerprint density at radius 1 is 1.23 bits per heavy atom. The maximum atomic E-state index is 6.18. The number of fused-ring (bicyclic) bond motifs is 2. The second-order valence-corrected chi connectivity index (χ2v) is 7.69. The van der Waals surface area contributed by atoms with Gasteiger partial charge < -0.3 is 24.7 Å². The first-order valence-corrected chi connectivity index (χ1v) is 10.2. The van der Waals surface area contributed by atoms with E-state index in [2.05, 4.69) is 42.6 Å². The van der Waals surface area contributed by atoms with Crippen molar-refractivity contribution in [2.45, 2.75) is 19.9 Å². The molecule has 31 heavy (non-hydrogen) atoms. The average Bonchev–Trinajstić information content (AvgIpc) is 3.35. The van der Waals surface area contributed by atoms with Crippen LogP contribution in [-0.2, 0) is 9.47 Å². The van der Waals surface area contributed by atoms with Gasteiger partial charge in [-0.05, 0) is 13.8 Å². The largest absolute Gasteiger partial charge is 0.383 e. The Balaban J connectivity index is 1.70. The van der Waals surface area contributed by atoms with E-state index in [1.165, 1.54) is 0 Å². The average molecular weight is 423 g/mol. The summed E-state index contributed by atoms with van der Waals surface area (Å²) in [4.78, 5) is 16.3. The number of hydrogen-bond donors (Lipinski definition) is 1. The fraction of sp³-hybridized carbons (Fsp3) is 0.450. The van der Waals surface area contributed by atoms with Crippen molar-refractivity contribution in [3.8, 4) is 11.5 Å². The first kappa shape index (κ1) is 19.6. The normalized spacial score (nSPS) is 15.8. The van der Waals surface area contributed by atoms with Crippen molar-refractivity contribution in [2.24, 2.45) is 0 Å². The molecule has 5 rings (SSSR count). The van der Waals surface area contributed by atoms with Crippen LogP contribution < -0.4 is 10.6 Å². The second-order valence-electron chi connectivity index (χ2n) is 7.69. The number of nitrogens with two attached hydrogens (primary N) is 1. The van der Waals surface area contributed by atoms with Crippen LogP contribution >= 0.6 is 0 Å². The molecule has 2 N–H and O–H groups in total. The lowest BCUT2D eigenvalue weighted by Gasteiger charge is -2.28. The molecular weight excluding hydrogens is 398 g/mol. The van der Waals surface area contributed by atoms with Gasteiger partial charge in [0.1, 0.15) is 22.9 Å². The molecule has 0 unspecified atom stereocenters. The van der Waals surface area contributed by atoms with E-state index in [-0.39, 0.29) is 6.04 Å². The molecule has 1 fully saturated rings. The molecule has 1 saturated heterocycles. The zero-order valence-corrected chi connectivity index (χ0v) is 17.8. The van der Waals surface area contributed by atoms with Crippen molar-refractivity contribution < 1.29 is 9.47 Å². The number of morpholine rings is 1. The smallest absolute Gasteiger partial charge is 0.203 e. The monoisotopic (exact) mass is 423 g/mol. The standard InChI is InChI=1S/C20H25N9O2/c1-12(11-30-3)29-16-8-17(27-4-6-31-7-5-27)22-9-14(16)24-19(29)15-10-28-13(2)25-26-20(28)18(21)23-15/h8-10,12H,4-7,11H2,1-3H3,(H2,21,23)/t12-/m0/s1. The summed E-state index contributed by atoms with van der Waals surface area (Å²) in [5.41, 5.74) is 9.11. The first-order valence-electron chi connectivity index (χ1n) is 10.2. The van der Waals surface area contributed by atoms with E-state index in [0.29, 0.717) is 42.8 Å². The Kier molecular flexibility index (Phi) is 4.91. The minimum Gasteiger partial charge on any atom is -0.383 e. The number of pyridine rings is 1. The summed E-state index contributed by atoms with van der Waals surface area (Å²) >= 11 is 0. The van der Waals surface area contributed by atoms with Crippen molar-refractivity contribution in [1.82, 2.24) is 34.1 Å². The van der Waals surface area contributed by atoms with E-state index in [9.17, 15) is 0 Å². The number of aromatic nitrogens is 7. The Labute approximate surface area is 178 Å². The molecule has 4 aromatic heterocycles. The SMILES string of the molecule is COC[C@H](C)n1c(-c2cn3c(C)nnc3c(N)n2)nc2cnc(N3CCOCC3)cc21. The number of aryl methyl sites for hydroxylation is 1. The number of anilines is 2. The van der Waals surface area contributed by atoms with Crippen molar-refractivity contribution in [3.63, 3.8) is 0 Å². The lowest BCUT2D eigenvalue weighted by atomic mass is 10.3. The Bertz CT molecular complexity index is 1240. The van der Waals surface area contributed by atoms with E-state index in [0.717, 1.165) is 35.8 Å². The number of hydrogen-bond acceptors (Lipinski definition) is 9. The molecule has 0 bridgehead atoms. The van der Waals surface area contributed by atoms with Gasteiger partial charge in [-0.15, -0.1) is 10.2 Å². The third-order valence-electron chi connectivity index (χ3n) is 5.56. The van der Waals surface area contributed by atoms with E-state index in [4.69, 9.17) is 20.2 Å². The Morgan fingerprint density at radius 3 is 2.81 bits per heavy atom. The molecule has 0 saturated carbocycles. The summed E-state index contributed by atoms with van der Waals surface area (Å²) in [5.74, 6) is 2.64. The predicted octanol–water partition coefficient (Wildman–Crippen LogP) is 1.47. The van der Waals surface area contributed by atoms with Gasteiger partial charge >= 0.3 is 0 Å². The highest BCUT2D eigenvalue weighted by Gasteiger charge is 2.22. The second kappa shape index (κ2) is 7.75. The van der Waals surface area contributed by atoms with Crippen molar-refractivity contribution >= 4 is 28.3 Å². The lowest BCUT2D eigenvalue weighted by Crippen LogP contribution is -2.36. The van der Waals surface area contributed by atoms with E-state index >= 15 is 0 Å². The molecule has 4 aromatic rings. The lowest BCUT2D eigenvalue weighted by molar-refractivity contribution is 0.122. The number of rotatable bonds is 5. The van der Waals surface area contributed by atoms with E-state index < -0.39 is 0 Å². The highest BCUT2D eigenvalue weighted by atomic mass is 16.5.